The highest BCUT2D eigenvalue weighted by atomic mass is 32.2. The Kier molecular flexibility index (Phi) is 4.75. The van der Waals surface area contributed by atoms with Gasteiger partial charge in [0, 0.05) is 19.7 Å². The lowest BCUT2D eigenvalue weighted by atomic mass is 10.2. The van der Waals surface area contributed by atoms with Crippen LogP contribution in [-0.2, 0) is 14.8 Å². The van der Waals surface area contributed by atoms with Gasteiger partial charge in [0.15, 0.2) is 0 Å². The van der Waals surface area contributed by atoms with Crippen molar-refractivity contribution in [2.45, 2.75) is 25.7 Å². The minimum Gasteiger partial charge on any atom is -0.326 e. The number of carbonyl (C=O) groups excluding carboxylic acids is 1. The summed E-state index contributed by atoms with van der Waals surface area (Å²) in [7, 11) is -2.12. The van der Waals surface area contributed by atoms with Gasteiger partial charge >= 0.3 is 0 Å². The Hall–Kier alpha value is -2.34. The molecule has 0 aromatic heterocycles. The fraction of sp³-hybridized carbons (Fsp3) is 0.235. The second-order valence-corrected chi connectivity index (χ2v) is 7.41. The molecule has 0 saturated carbocycles. The van der Waals surface area contributed by atoms with Crippen LogP contribution in [0.1, 0.15) is 18.1 Å². The molecule has 2 aromatic rings. The zero-order valence-electron chi connectivity index (χ0n) is 13.6. The number of anilines is 2. The Balaban J connectivity index is 2.36. The van der Waals surface area contributed by atoms with Crippen molar-refractivity contribution in [2.24, 2.45) is 0 Å². The van der Waals surface area contributed by atoms with E-state index in [9.17, 15) is 13.2 Å². The lowest BCUT2D eigenvalue weighted by Crippen LogP contribution is -2.27. The van der Waals surface area contributed by atoms with Gasteiger partial charge in [0.2, 0.25) is 5.91 Å². The van der Waals surface area contributed by atoms with Crippen LogP contribution in [0.15, 0.2) is 47.4 Å². The van der Waals surface area contributed by atoms with Gasteiger partial charge in [-0.3, -0.25) is 9.10 Å². The minimum atomic E-state index is -3.64. The summed E-state index contributed by atoms with van der Waals surface area (Å²) >= 11 is 0. The van der Waals surface area contributed by atoms with E-state index >= 15 is 0 Å². The van der Waals surface area contributed by atoms with E-state index in [1.165, 1.54) is 18.3 Å². The molecule has 1 amide bonds. The van der Waals surface area contributed by atoms with E-state index in [1.54, 1.807) is 43.3 Å². The number of carbonyl (C=O) groups is 1. The van der Waals surface area contributed by atoms with Gasteiger partial charge in [0.1, 0.15) is 0 Å². The highest BCUT2D eigenvalue weighted by molar-refractivity contribution is 7.92. The normalized spacial score (nSPS) is 11.1. The second kappa shape index (κ2) is 6.42. The first-order valence-electron chi connectivity index (χ1n) is 7.15. The van der Waals surface area contributed by atoms with Gasteiger partial charge in [-0.05, 0) is 55.3 Å². The SMILES string of the molecule is CC(=O)Nc1ccc(N(C)S(=O)(=O)c2cc(C)ccc2C)cc1. The molecule has 23 heavy (non-hydrogen) atoms. The Morgan fingerprint density at radius 2 is 1.65 bits per heavy atom. The lowest BCUT2D eigenvalue weighted by molar-refractivity contribution is -0.114. The van der Waals surface area contributed by atoms with Crippen molar-refractivity contribution in [1.29, 1.82) is 0 Å². The summed E-state index contributed by atoms with van der Waals surface area (Å²) in [5, 5.41) is 2.65. The number of aryl methyl sites for hydroxylation is 2. The molecule has 0 aliphatic carbocycles. The van der Waals surface area contributed by atoms with Crippen molar-refractivity contribution in [3.63, 3.8) is 0 Å². The summed E-state index contributed by atoms with van der Waals surface area (Å²) in [6.07, 6.45) is 0. The van der Waals surface area contributed by atoms with Gasteiger partial charge in [-0.1, -0.05) is 12.1 Å². The molecule has 0 spiro atoms. The van der Waals surface area contributed by atoms with Gasteiger partial charge in [-0.15, -0.1) is 0 Å². The van der Waals surface area contributed by atoms with E-state index in [0.717, 1.165) is 5.56 Å². The van der Waals surface area contributed by atoms with Crippen molar-refractivity contribution in [1.82, 2.24) is 0 Å². The third-order valence-electron chi connectivity index (χ3n) is 3.53. The van der Waals surface area contributed by atoms with E-state index in [2.05, 4.69) is 5.32 Å². The third kappa shape index (κ3) is 3.71. The lowest BCUT2D eigenvalue weighted by Gasteiger charge is -2.21. The summed E-state index contributed by atoms with van der Waals surface area (Å²) < 4.78 is 26.9. The van der Waals surface area contributed by atoms with Crippen LogP contribution < -0.4 is 9.62 Å². The van der Waals surface area contributed by atoms with Crippen LogP contribution in [0.4, 0.5) is 11.4 Å². The van der Waals surface area contributed by atoms with E-state index in [0.29, 0.717) is 21.8 Å². The summed E-state index contributed by atoms with van der Waals surface area (Å²) in [6, 6.07) is 12.0. The molecular weight excluding hydrogens is 312 g/mol. The zero-order valence-corrected chi connectivity index (χ0v) is 14.4. The number of sulfonamides is 1. The first kappa shape index (κ1) is 17.0. The number of nitrogens with zero attached hydrogens (tertiary/aromatic N) is 1. The highest BCUT2D eigenvalue weighted by Crippen LogP contribution is 2.26. The number of nitrogens with one attached hydrogen (secondary N) is 1. The van der Waals surface area contributed by atoms with Crippen LogP contribution in [0.3, 0.4) is 0 Å². The number of hydrogen-bond donors (Lipinski definition) is 1. The first-order valence-corrected chi connectivity index (χ1v) is 8.59. The summed E-state index contributed by atoms with van der Waals surface area (Å²) in [5.74, 6) is -0.172. The van der Waals surface area contributed by atoms with E-state index < -0.39 is 10.0 Å². The molecule has 5 nitrogen and oxygen atoms in total. The Labute approximate surface area is 137 Å². The molecule has 0 heterocycles. The van der Waals surface area contributed by atoms with Crippen molar-refractivity contribution in [3.8, 4) is 0 Å². The first-order chi connectivity index (χ1) is 10.7. The van der Waals surface area contributed by atoms with Gasteiger partial charge in [0.05, 0.1) is 10.6 Å². The smallest absolute Gasteiger partial charge is 0.264 e. The molecule has 1 N–H and O–H groups in total. The molecule has 0 aliphatic heterocycles. The molecular formula is C17H20N2O3S. The second-order valence-electron chi connectivity index (χ2n) is 5.47. The summed E-state index contributed by atoms with van der Waals surface area (Å²) in [6.45, 7) is 5.06. The fourth-order valence-corrected chi connectivity index (χ4v) is 3.73. The fourth-order valence-electron chi connectivity index (χ4n) is 2.23. The van der Waals surface area contributed by atoms with Gasteiger partial charge in [-0.2, -0.15) is 0 Å². The van der Waals surface area contributed by atoms with Gasteiger partial charge in [-0.25, -0.2) is 8.42 Å². The summed E-state index contributed by atoms with van der Waals surface area (Å²) in [4.78, 5) is 11.3. The Morgan fingerprint density at radius 1 is 1.04 bits per heavy atom. The average molecular weight is 332 g/mol. The number of amides is 1. The molecule has 6 heteroatoms. The highest BCUT2D eigenvalue weighted by Gasteiger charge is 2.23. The predicted molar refractivity (Wildman–Crippen MR) is 92.3 cm³/mol. The molecule has 0 bridgehead atoms. The van der Waals surface area contributed by atoms with Crippen LogP contribution in [0, 0.1) is 13.8 Å². The van der Waals surface area contributed by atoms with E-state index in [-0.39, 0.29) is 5.91 Å². The Bertz CT molecular complexity index is 827. The molecule has 0 aliphatic rings. The van der Waals surface area contributed by atoms with E-state index in [4.69, 9.17) is 0 Å². The molecule has 0 atom stereocenters. The average Bonchev–Trinajstić information content (AvgIpc) is 2.49. The maximum atomic E-state index is 12.8. The maximum absolute atomic E-state index is 12.8. The van der Waals surface area contributed by atoms with E-state index in [1.807, 2.05) is 13.0 Å². The van der Waals surface area contributed by atoms with Crippen molar-refractivity contribution in [3.05, 3.63) is 53.6 Å². The third-order valence-corrected chi connectivity index (χ3v) is 5.46. The summed E-state index contributed by atoms with van der Waals surface area (Å²) in [5.41, 5.74) is 2.75. The Morgan fingerprint density at radius 3 is 2.22 bits per heavy atom. The van der Waals surface area contributed by atoms with Crippen LogP contribution in [0.5, 0.6) is 0 Å². The molecule has 2 aromatic carbocycles. The quantitative estimate of drug-likeness (QED) is 0.935. The zero-order chi connectivity index (χ0) is 17.2. The molecule has 0 fully saturated rings. The molecule has 0 saturated heterocycles. The standard InChI is InChI=1S/C17H20N2O3S/c1-12-5-6-13(2)17(11-12)23(21,22)19(4)16-9-7-15(8-10-16)18-14(3)20/h5-11H,1-4H3,(H,18,20). The van der Waals surface area contributed by atoms with Crippen molar-refractivity contribution >= 4 is 27.3 Å². The monoisotopic (exact) mass is 332 g/mol. The number of hydrogen-bond acceptors (Lipinski definition) is 3. The minimum absolute atomic E-state index is 0.172. The predicted octanol–water partition coefficient (Wildman–Crippen LogP) is 3.09. The van der Waals surface area contributed by atoms with Gasteiger partial charge in [0.25, 0.3) is 10.0 Å². The van der Waals surface area contributed by atoms with Crippen LogP contribution in [0.2, 0.25) is 0 Å². The molecule has 0 radical (unpaired) electrons. The van der Waals surface area contributed by atoms with Crippen molar-refractivity contribution < 1.29 is 13.2 Å². The van der Waals surface area contributed by atoms with Crippen LogP contribution in [-0.4, -0.2) is 21.4 Å². The molecule has 122 valence electrons. The van der Waals surface area contributed by atoms with Crippen LogP contribution >= 0.6 is 0 Å². The topological polar surface area (TPSA) is 66.5 Å². The largest absolute Gasteiger partial charge is 0.326 e. The molecule has 0 unspecified atom stereocenters. The van der Waals surface area contributed by atoms with Crippen molar-refractivity contribution in [2.75, 3.05) is 16.7 Å². The number of rotatable bonds is 4. The maximum Gasteiger partial charge on any atom is 0.264 e. The van der Waals surface area contributed by atoms with Crippen LogP contribution in [0.25, 0.3) is 0 Å². The number of benzene rings is 2. The van der Waals surface area contributed by atoms with Gasteiger partial charge < -0.3 is 5.32 Å². The molecule has 2 rings (SSSR count).